The lowest BCUT2D eigenvalue weighted by Gasteiger charge is -2.17. The fraction of sp³-hybridized carbons (Fsp3) is 0.316. The van der Waals surface area contributed by atoms with E-state index in [1.807, 2.05) is 6.07 Å². The van der Waals surface area contributed by atoms with Crippen LogP contribution in [0.15, 0.2) is 36.5 Å². The standard InChI is InChI=1S/C19H23N5O4S/c1-13(25)21-14-5-7-17(23-29(2,27)28)16(11-14)19(26)22-15-6-8-18(20-12-15)24-9-3-4-10-24/h5-8,11-12,23H,3-4,9-10H2,1-2H3,(H,21,25)(H,22,26). The molecule has 2 amide bonds. The Hall–Kier alpha value is -3.14. The highest BCUT2D eigenvalue weighted by Crippen LogP contribution is 2.24. The maximum atomic E-state index is 12.8. The van der Waals surface area contributed by atoms with Gasteiger partial charge in [-0.3, -0.25) is 14.3 Å². The molecule has 1 aliphatic rings. The number of benzene rings is 1. The van der Waals surface area contributed by atoms with Gasteiger partial charge in [0.25, 0.3) is 5.91 Å². The third kappa shape index (κ3) is 5.67. The summed E-state index contributed by atoms with van der Waals surface area (Å²) in [6, 6.07) is 7.94. The summed E-state index contributed by atoms with van der Waals surface area (Å²) in [7, 11) is -3.59. The Kier molecular flexibility index (Phi) is 6.02. The first-order valence-corrected chi connectivity index (χ1v) is 11.0. The smallest absolute Gasteiger partial charge is 0.257 e. The highest BCUT2D eigenvalue weighted by Gasteiger charge is 2.17. The van der Waals surface area contributed by atoms with Gasteiger partial charge in [0.05, 0.1) is 29.4 Å². The topological polar surface area (TPSA) is 120 Å². The van der Waals surface area contributed by atoms with Gasteiger partial charge in [0.1, 0.15) is 5.82 Å². The summed E-state index contributed by atoms with van der Waals surface area (Å²) in [4.78, 5) is 30.7. The number of sulfonamides is 1. The van der Waals surface area contributed by atoms with Crippen LogP contribution in [-0.2, 0) is 14.8 Å². The van der Waals surface area contributed by atoms with Crippen LogP contribution in [0, 0.1) is 0 Å². The number of amides is 2. The highest BCUT2D eigenvalue weighted by molar-refractivity contribution is 7.92. The van der Waals surface area contributed by atoms with E-state index in [9.17, 15) is 18.0 Å². The van der Waals surface area contributed by atoms with Gasteiger partial charge >= 0.3 is 0 Å². The van der Waals surface area contributed by atoms with Crippen LogP contribution in [0.2, 0.25) is 0 Å². The zero-order chi connectivity index (χ0) is 21.0. The minimum Gasteiger partial charge on any atom is -0.357 e. The molecule has 1 aliphatic heterocycles. The Morgan fingerprint density at radius 1 is 1.03 bits per heavy atom. The number of nitrogens with one attached hydrogen (secondary N) is 3. The number of carbonyl (C=O) groups is 2. The average Bonchev–Trinajstić information content (AvgIpc) is 3.16. The third-order valence-corrected chi connectivity index (χ3v) is 4.91. The molecule has 1 aromatic heterocycles. The summed E-state index contributed by atoms with van der Waals surface area (Å²) in [6.07, 6.45) is 4.84. The van der Waals surface area contributed by atoms with E-state index in [0.29, 0.717) is 11.4 Å². The molecule has 0 bridgehead atoms. The Morgan fingerprint density at radius 2 is 1.72 bits per heavy atom. The number of rotatable bonds is 6. The van der Waals surface area contributed by atoms with Gasteiger partial charge in [0.15, 0.2) is 0 Å². The number of carbonyl (C=O) groups excluding carboxylic acids is 2. The van der Waals surface area contributed by atoms with E-state index in [4.69, 9.17) is 0 Å². The first kappa shape index (κ1) is 20.6. The SMILES string of the molecule is CC(=O)Nc1ccc(NS(C)(=O)=O)c(C(=O)Nc2ccc(N3CCCC3)nc2)c1. The van der Waals surface area contributed by atoms with E-state index >= 15 is 0 Å². The second-order valence-electron chi connectivity index (χ2n) is 6.87. The first-order valence-electron chi connectivity index (χ1n) is 9.13. The van der Waals surface area contributed by atoms with Crippen LogP contribution >= 0.6 is 0 Å². The van der Waals surface area contributed by atoms with Crippen LogP contribution in [0.4, 0.5) is 22.9 Å². The number of hydrogen-bond donors (Lipinski definition) is 3. The molecule has 3 rings (SSSR count). The predicted octanol–water partition coefficient (Wildman–Crippen LogP) is 2.26. The van der Waals surface area contributed by atoms with Gasteiger partial charge in [-0.15, -0.1) is 0 Å². The van der Waals surface area contributed by atoms with Crippen LogP contribution in [0.3, 0.4) is 0 Å². The van der Waals surface area contributed by atoms with Crippen molar-refractivity contribution in [1.82, 2.24) is 4.98 Å². The highest BCUT2D eigenvalue weighted by atomic mass is 32.2. The molecule has 9 nitrogen and oxygen atoms in total. The van der Waals surface area contributed by atoms with Crippen molar-refractivity contribution in [2.45, 2.75) is 19.8 Å². The molecular formula is C19H23N5O4S. The fourth-order valence-electron chi connectivity index (χ4n) is 3.09. The molecule has 1 fully saturated rings. The zero-order valence-electron chi connectivity index (χ0n) is 16.2. The van der Waals surface area contributed by atoms with Crippen molar-refractivity contribution in [2.24, 2.45) is 0 Å². The molecule has 0 aliphatic carbocycles. The summed E-state index contributed by atoms with van der Waals surface area (Å²) in [6.45, 7) is 3.28. The number of hydrogen-bond acceptors (Lipinski definition) is 6. The second kappa shape index (κ2) is 8.48. The minimum atomic E-state index is -3.59. The van der Waals surface area contributed by atoms with Crippen molar-refractivity contribution in [1.29, 1.82) is 0 Å². The molecule has 3 N–H and O–H groups in total. The molecule has 2 heterocycles. The van der Waals surface area contributed by atoms with Crippen LogP contribution in [0.5, 0.6) is 0 Å². The monoisotopic (exact) mass is 417 g/mol. The van der Waals surface area contributed by atoms with E-state index in [1.54, 1.807) is 12.3 Å². The van der Waals surface area contributed by atoms with Gasteiger partial charge in [0, 0.05) is 25.7 Å². The Bertz CT molecular complexity index is 1020. The van der Waals surface area contributed by atoms with Crippen LogP contribution in [0.25, 0.3) is 0 Å². The van der Waals surface area contributed by atoms with Crippen LogP contribution in [-0.4, -0.2) is 44.6 Å². The lowest BCUT2D eigenvalue weighted by Crippen LogP contribution is -2.20. The van der Waals surface area contributed by atoms with Gasteiger partial charge in [-0.25, -0.2) is 13.4 Å². The van der Waals surface area contributed by atoms with Gasteiger partial charge in [0.2, 0.25) is 15.9 Å². The zero-order valence-corrected chi connectivity index (χ0v) is 17.0. The molecule has 0 atom stereocenters. The Balaban J connectivity index is 1.82. The summed E-state index contributed by atoms with van der Waals surface area (Å²) in [5.41, 5.74) is 1.04. The quantitative estimate of drug-likeness (QED) is 0.663. The van der Waals surface area contributed by atoms with E-state index in [1.165, 1.54) is 25.1 Å². The van der Waals surface area contributed by atoms with Crippen molar-refractivity contribution in [2.75, 3.05) is 39.6 Å². The van der Waals surface area contributed by atoms with Crippen LogP contribution < -0.4 is 20.3 Å². The summed E-state index contributed by atoms with van der Waals surface area (Å²) in [5.74, 6) is 0.0218. The second-order valence-corrected chi connectivity index (χ2v) is 8.62. The normalized spacial score (nSPS) is 13.8. The molecule has 1 aromatic carbocycles. The number of aromatic nitrogens is 1. The Labute approximate surface area is 169 Å². The maximum absolute atomic E-state index is 12.8. The largest absolute Gasteiger partial charge is 0.357 e. The van der Waals surface area contributed by atoms with E-state index < -0.39 is 15.9 Å². The van der Waals surface area contributed by atoms with Crippen molar-refractivity contribution in [3.8, 4) is 0 Å². The molecule has 2 aromatic rings. The van der Waals surface area contributed by atoms with Crippen molar-refractivity contribution < 1.29 is 18.0 Å². The summed E-state index contributed by atoms with van der Waals surface area (Å²) in [5, 5.41) is 5.29. The van der Waals surface area contributed by atoms with Crippen molar-refractivity contribution in [3.05, 3.63) is 42.1 Å². The average molecular weight is 417 g/mol. The van der Waals surface area contributed by atoms with Gasteiger partial charge in [-0.2, -0.15) is 0 Å². The van der Waals surface area contributed by atoms with E-state index in [0.717, 1.165) is 38.0 Å². The van der Waals surface area contributed by atoms with E-state index in [-0.39, 0.29) is 17.2 Å². The summed E-state index contributed by atoms with van der Waals surface area (Å²) >= 11 is 0. The lowest BCUT2D eigenvalue weighted by molar-refractivity contribution is -0.114. The number of pyridine rings is 1. The lowest BCUT2D eigenvalue weighted by atomic mass is 10.1. The minimum absolute atomic E-state index is 0.0743. The molecular weight excluding hydrogens is 394 g/mol. The molecule has 29 heavy (non-hydrogen) atoms. The van der Waals surface area contributed by atoms with Gasteiger partial charge in [-0.05, 0) is 43.2 Å². The van der Waals surface area contributed by atoms with E-state index in [2.05, 4.69) is 25.2 Å². The van der Waals surface area contributed by atoms with Crippen molar-refractivity contribution in [3.63, 3.8) is 0 Å². The maximum Gasteiger partial charge on any atom is 0.257 e. The van der Waals surface area contributed by atoms with Crippen LogP contribution in [0.1, 0.15) is 30.1 Å². The predicted molar refractivity (Wildman–Crippen MR) is 113 cm³/mol. The molecule has 0 saturated carbocycles. The third-order valence-electron chi connectivity index (χ3n) is 4.32. The number of nitrogens with zero attached hydrogens (tertiary/aromatic N) is 2. The first-order chi connectivity index (χ1) is 13.7. The summed E-state index contributed by atoms with van der Waals surface area (Å²) < 4.78 is 25.6. The molecule has 1 saturated heterocycles. The fourth-order valence-corrected chi connectivity index (χ4v) is 3.67. The molecule has 154 valence electrons. The van der Waals surface area contributed by atoms with Gasteiger partial charge < -0.3 is 15.5 Å². The number of anilines is 4. The molecule has 0 unspecified atom stereocenters. The molecule has 0 spiro atoms. The molecule has 10 heteroatoms. The Morgan fingerprint density at radius 3 is 2.31 bits per heavy atom. The van der Waals surface area contributed by atoms with Crippen molar-refractivity contribution >= 4 is 44.7 Å². The molecule has 0 radical (unpaired) electrons. The van der Waals surface area contributed by atoms with Gasteiger partial charge in [-0.1, -0.05) is 0 Å².